The van der Waals surface area contributed by atoms with Gasteiger partial charge in [-0.1, -0.05) is 30.3 Å². The first-order chi connectivity index (χ1) is 12.7. The Morgan fingerprint density at radius 1 is 1.00 bits per heavy atom. The van der Waals surface area contributed by atoms with Crippen molar-refractivity contribution in [2.24, 2.45) is 0 Å². The minimum atomic E-state index is 0.118. The highest BCUT2D eigenvalue weighted by molar-refractivity contribution is 7.25. The molecule has 130 valence electrons. The van der Waals surface area contributed by atoms with E-state index in [1.54, 1.807) is 11.3 Å². The smallest absolute Gasteiger partial charge is 0.196 e. The second-order valence-corrected chi connectivity index (χ2v) is 7.80. The number of anilines is 1. The zero-order chi connectivity index (χ0) is 17.7. The van der Waals surface area contributed by atoms with Gasteiger partial charge in [-0.15, -0.1) is 11.3 Å². The first-order valence-corrected chi connectivity index (χ1v) is 9.76. The molecule has 0 bridgehead atoms. The van der Waals surface area contributed by atoms with Crippen LogP contribution in [-0.2, 0) is 0 Å². The van der Waals surface area contributed by atoms with E-state index in [0.29, 0.717) is 0 Å². The number of benzene rings is 2. The molecule has 2 aromatic heterocycles. The monoisotopic (exact) mass is 361 g/mol. The average molecular weight is 361 g/mol. The molecule has 0 aliphatic carbocycles. The van der Waals surface area contributed by atoms with Crippen molar-refractivity contribution in [1.29, 1.82) is 0 Å². The molecule has 0 spiro atoms. The number of aromatic nitrogens is 1. The first kappa shape index (κ1) is 15.7. The van der Waals surface area contributed by atoms with Gasteiger partial charge in [-0.05, 0) is 24.6 Å². The molecule has 26 heavy (non-hydrogen) atoms. The molecule has 5 rings (SSSR count). The van der Waals surface area contributed by atoms with Gasteiger partial charge in [-0.2, -0.15) is 0 Å². The summed E-state index contributed by atoms with van der Waals surface area (Å²) in [4.78, 5) is 20.7. The third-order valence-electron chi connectivity index (χ3n) is 5.13. The van der Waals surface area contributed by atoms with Gasteiger partial charge in [0, 0.05) is 41.7 Å². The molecule has 1 aliphatic heterocycles. The number of hydrogen-bond donors (Lipinski definition) is 1. The minimum Gasteiger partial charge on any atom is -0.353 e. The van der Waals surface area contributed by atoms with Gasteiger partial charge in [0.25, 0.3) is 0 Å². The van der Waals surface area contributed by atoms with Gasteiger partial charge in [-0.25, -0.2) is 4.98 Å². The summed E-state index contributed by atoms with van der Waals surface area (Å²) < 4.78 is 2.08. The number of rotatable bonds is 1. The molecule has 5 heteroatoms. The Morgan fingerprint density at radius 3 is 2.62 bits per heavy atom. The van der Waals surface area contributed by atoms with E-state index in [1.165, 1.54) is 0 Å². The zero-order valence-electron chi connectivity index (χ0n) is 14.6. The normalized spacial score (nSPS) is 15.2. The number of para-hydroxylation sites is 1. The summed E-state index contributed by atoms with van der Waals surface area (Å²) in [5, 5.41) is 5.96. The number of nitrogens with one attached hydrogen (secondary N) is 1. The van der Waals surface area contributed by atoms with Gasteiger partial charge in [0.05, 0.1) is 15.6 Å². The zero-order valence-corrected chi connectivity index (χ0v) is 15.4. The summed E-state index contributed by atoms with van der Waals surface area (Å²) in [6, 6.07) is 14.0. The summed E-state index contributed by atoms with van der Waals surface area (Å²) in [5.74, 6) is 0.951. The maximum Gasteiger partial charge on any atom is 0.196 e. The van der Waals surface area contributed by atoms with Crippen LogP contribution in [0.1, 0.15) is 5.56 Å². The molecule has 1 N–H and O–H groups in total. The molecule has 0 amide bonds. The third-order valence-corrected chi connectivity index (χ3v) is 6.47. The van der Waals surface area contributed by atoms with Gasteiger partial charge in [0.2, 0.25) is 0 Å². The van der Waals surface area contributed by atoms with Crippen LogP contribution in [0.3, 0.4) is 0 Å². The fourth-order valence-corrected chi connectivity index (χ4v) is 5.07. The highest BCUT2D eigenvalue weighted by Crippen LogP contribution is 2.36. The molecule has 0 unspecified atom stereocenters. The summed E-state index contributed by atoms with van der Waals surface area (Å²) >= 11 is 1.70. The van der Waals surface area contributed by atoms with Gasteiger partial charge in [0.15, 0.2) is 5.43 Å². The Bertz CT molecular complexity index is 1210. The molecule has 4 aromatic rings. The van der Waals surface area contributed by atoms with E-state index >= 15 is 0 Å². The summed E-state index contributed by atoms with van der Waals surface area (Å²) in [7, 11) is 0. The number of piperazine rings is 1. The number of hydrogen-bond acceptors (Lipinski definition) is 5. The van der Waals surface area contributed by atoms with Crippen molar-refractivity contribution in [3.8, 4) is 0 Å². The highest BCUT2D eigenvalue weighted by atomic mass is 32.1. The fourth-order valence-electron chi connectivity index (χ4n) is 3.80. The van der Waals surface area contributed by atoms with Crippen molar-refractivity contribution >= 4 is 48.2 Å². The van der Waals surface area contributed by atoms with Crippen molar-refractivity contribution in [2.45, 2.75) is 6.92 Å². The predicted molar refractivity (Wildman–Crippen MR) is 111 cm³/mol. The van der Waals surface area contributed by atoms with Crippen molar-refractivity contribution in [1.82, 2.24) is 10.3 Å². The number of aryl methyl sites for hydroxylation is 1. The summed E-state index contributed by atoms with van der Waals surface area (Å²) in [6.07, 6.45) is 0. The Morgan fingerprint density at radius 2 is 1.77 bits per heavy atom. The van der Waals surface area contributed by atoms with Crippen molar-refractivity contribution in [3.05, 3.63) is 58.3 Å². The lowest BCUT2D eigenvalue weighted by Crippen LogP contribution is -2.44. The Balaban J connectivity index is 1.98. The third kappa shape index (κ3) is 2.31. The van der Waals surface area contributed by atoms with Crippen LogP contribution in [0, 0.1) is 6.92 Å². The highest BCUT2D eigenvalue weighted by Gasteiger charge is 2.20. The van der Waals surface area contributed by atoms with Crippen molar-refractivity contribution in [2.75, 3.05) is 31.1 Å². The lowest BCUT2D eigenvalue weighted by atomic mass is 10.1. The van der Waals surface area contributed by atoms with Crippen LogP contribution in [0.2, 0.25) is 0 Å². The fraction of sp³-hybridized carbons (Fsp3) is 0.238. The quantitative estimate of drug-likeness (QED) is 0.415. The van der Waals surface area contributed by atoms with E-state index in [4.69, 9.17) is 4.98 Å². The SMILES string of the molecule is Cc1cccc2c(=O)c3c(sc12)c(N1CCNCC1)nc1ccccc13. The molecule has 0 atom stereocenters. The molecule has 0 radical (unpaired) electrons. The molecule has 1 fully saturated rings. The average Bonchev–Trinajstić information content (AvgIpc) is 2.69. The maximum absolute atomic E-state index is 13.4. The van der Waals surface area contributed by atoms with Crippen LogP contribution in [-0.4, -0.2) is 31.2 Å². The van der Waals surface area contributed by atoms with Crippen molar-refractivity contribution in [3.63, 3.8) is 0 Å². The summed E-state index contributed by atoms with van der Waals surface area (Å²) in [5.41, 5.74) is 2.16. The topological polar surface area (TPSA) is 45.2 Å². The van der Waals surface area contributed by atoms with E-state index in [-0.39, 0.29) is 5.43 Å². The van der Waals surface area contributed by atoms with Crippen LogP contribution < -0.4 is 15.6 Å². The second-order valence-electron chi connectivity index (χ2n) is 6.78. The summed E-state index contributed by atoms with van der Waals surface area (Å²) in [6.45, 7) is 5.78. The maximum atomic E-state index is 13.4. The molecule has 2 aromatic carbocycles. The Hall–Kier alpha value is -2.50. The van der Waals surface area contributed by atoms with Crippen molar-refractivity contribution < 1.29 is 0 Å². The lowest BCUT2D eigenvalue weighted by Gasteiger charge is -2.29. The largest absolute Gasteiger partial charge is 0.353 e. The van der Waals surface area contributed by atoms with Crippen LogP contribution in [0.15, 0.2) is 47.3 Å². The minimum absolute atomic E-state index is 0.118. The van der Waals surface area contributed by atoms with E-state index in [9.17, 15) is 4.79 Å². The van der Waals surface area contributed by atoms with Gasteiger partial charge < -0.3 is 10.2 Å². The van der Waals surface area contributed by atoms with Gasteiger partial charge in [0.1, 0.15) is 5.82 Å². The number of fused-ring (bicyclic) bond motifs is 4. The van der Waals surface area contributed by atoms with E-state index < -0.39 is 0 Å². The van der Waals surface area contributed by atoms with Crippen LogP contribution in [0.5, 0.6) is 0 Å². The van der Waals surface area contributed by atoms with Gasteiger partial charge in [-0.3, -0.25) is 4.79 Å². The van der Waals surface area contributed by atoms with Crippen LogP contribution in [0.4, 0.5) is 5.82 Å². The lowest BCUT2D eigenvalue weighted by molar-refractivity contribution is 0.587. The number of pyridine rings is 1. The first-order valence-electron chi connectivity index (χ1n) is 8.94. The van der Waals surface area contributed by atoms with Crippen LogP contribution in [0.25, 0.3) is 31.1 Å². The molecule has 1 saturated heterocycles. The van der Waals surface area contributed by atoms with Crippen LogP contribution >= 0.6 is 11.3 Å². The molecule has 4 nitrogen and oxygen atoms in total. The molecular formula is C21H19N3OS. The Kier molecular flexibility index (Phi) is 3.65. The van der Waals surface area contributed by atoms with E-state index in [0.717, 1.165) is 68.6 Å². The number of nitrogens with zero attached hydrogens (tertiary/aromatic N) is 2. The Labute approximate surface area is 155 Å². The van der Waals surface area contributed by atoms with Gasteiger partial charge >= 0.3 is 0 Å². The van der Waals surface area contributed by atoms with E-state index in [2.05, 4.69) is 23.2 Å². The second kappa shape index (κ2) is 6.04. The molecular weight excluding hydrogens is 342 g/mol. The molecule has 1 aliphatic rings. The predicted octanol–water partition coefficient (Wildman–Crippen LogP) is 3.68. The standard InChI is InChI=1S/C21H19N3OS/c1-13-5-4-7-15-18(25)17-14-6-2-3-8-16(14)23-21(20(17)26-19(13)15)24-11-9-22-10-12-24/h2-8,22H,9-12H2,1H3. The molecule has 3 heterocycles. The van der Waals surface area contributed by atoms with E-state index in [1.807, 2.05) is 36.4 Å². The molecule has 0 saturated carbocycles.